The first-order valence-corrected chi connectivity index (χ1v) is 4.77. The SMILES string of the molecule is O=C(O)CCSc1ccc(F)cc1. The molecule has 0 spiro atoms. The summed E-state index contributed by atoms with van der Waals surface area (Å²) in [6.45, 7) is 0. The van der Waals surface area contributed by atoms with Gasteiger partial charge in [0.15, 0.2) is 0 Å². The molecular formula is C9H9FO2S. The quantitative estimate of drug-likeness (QED) is 0.758. The van der Waals surface area contributed by atoms with Gasteiger partial charge in [0.05, 0.1) is 6.42 Å². The number of carboxylic acid groups (broad SMARTS) is 1. The highest BCUT2D eigenvalue weighted by molar-refractivity contribution is 7.99. The minimum atomic E-state index is -0.811. The summed E-state index contributed by atoms with van der Waals surface area (Å²) in [6, 6.07) is 6.01. The van der Waals surface area contributed by atoms with Crippen molar-refractivity contribution in [1.29, 1.82) is 0 Å². The summed E-state index contributed by atoms with van der Waals surface area (Å²) >= 11 is 1.41. The van der Waals surface area contributed by atoms with Crippen LogP contribution in [0.4, 0.5) is 4.39 Å². The van der Waals surface area contributed by atoms with Crippen LogP contribution < -0.4 is 0 Å². The van der Waals surface area contributed by atoms with Crippen molar-refractivity contribution in [3.05, 3.63) is 30.1 Å². The van der Waals surface area contributed by atoms with Crippen LogP contribution in [0, 0.1) is 5.82 Å². The highest BCUT2D eigenvalue weighted by Gasteiger charge is 1.98. The molecule has 0 aliphatic rings. The molecule has 13 heavy (non-hydrogen) atoms. The lowest BCUT2D eigenvalue weighted by Gasteiger charge is -1.98. The maximum Gasteiger partial charge on any atom is 0.304 e. The molecule has 0 saturated heterocycles. The third-order valence-corrected chi connectivity index (χ3v) is 2.41. The van der Waals surface area contributed by atoms with Crippen molar-refractivity contribution in [3.63, 3.8) is 0 Å². The van der Waals surface area contributed by atoms with Crippen molar-refractivity contribution < 1.29 is 14.3 Å². The third-order valence-electron chi connectivity index (χ3n) is 1.40. The molecule has 0 radical (unpaired) electrons. The minimum absolute atomic E-state index is 0.127. The molecule has 0 fully saturated rings. The first-order chi connectivity index (χ1) is 6.18. The number of hydrogen-bond donors (Lipinski definition) is 1. The van der Waals surface area contributed by atoms with Gasteiger partial charge in [-0.15, -0.1) is 11.8 Å². The number of carboxylic acids is 1. The van der Waals surface area contributed by atoms with Gasteiger partial charge < -0.3 is 5.11 Å². The molecule has 0 aromatic heterocycles. The molecule has 0 heterocycles. The van der Waals surface area contributed by atoms with Crippen LogP contribution in [0.5, 0.6) is 0 Å². The highest BCUT2D eigenvalue weighted by atomic mass is 32.2. The minimum Gasteiger partial charge on any atom is -0.481 e. The molecule has 0 aliphatic heterocycles. The molecule has 1 N–H and O–H groups in total. The summed E-state index contributed by atoms with van der Waals surface area (Å²) in [5.41, 5.74) is 0. The Labute approximate surface area is 79.8 Å². The van der Waals surface area contributed by atoms with Gasteiger partial charge in [-0.2, -0.15) is 0 Å². The Kier molecular flexibility index (Phi) is 3.76. The Hall–Kier alpha value is -1.03. The summed E-state index contributed by atoms with van der Waals surface area (Å²) < 4.78 is 12.4. The number of rotatable bonds is 4. The van der Waals surface area contributed by atoms with Gasteiger partial charge in [-0.3, -0.25) is 4.79 Å². The zero-order valence-electron chi connectivity index (χ0n) is 6.87. The van der Waals surface area contributed by atoms with Crippen LogP contribution in [0.25, 0.3) is 0 Å². The molecule has 4 heteroatoms. The van der Waals surface area contributed by atoms with Crippen molar-refractivity contribution in [3.8, 4) is 0 Å². The lowest BCUT2D eigenvalue weighted by atomic mass is 10.4. The average molecular weight is 200 g/mol. The summed E-state index contributed by atoms with van der Waals surface area (Å²) in [5, 5.41) is 8.36. The van der Waals surface area contributed by atoms with E-state index in [9.17, 15) is 9.18 Å². The molecule has 0 bridgehead atoms. The molecule has 1 aromatic rings. The van der Waals surface area contributed by atoms with Crippen LogP contribution in [0.15, 0.2) is 29.2 Å². The summed E-state index contributed by atoms with van der Waals surface area (Å²) in [4.78, 5) is 11.1. The van der Waals surface area contributed by atoms with E-state index < -0.39 is 5.97 Å². The van der Waals surface area contributed by atoms with E-state index >= 15 is 0 Å². The van der Waals surface area contributed by atoms with Crippen molar-refractivity contribution in [2.45, 2.75) is 11.3 Å². The van der Waals surface area contributed by atoms with Gasteiger partial charge in [-0.1, -0.05) is 0 Å². The van der Waals surface area contributed by atoms with Crippen molar-refractivity contribution in [1.82, 2.24) is 0 Å². The van der Waals surface area contributed by atoms with Crippen LogP contribution in [-0.2, 0) is 4.79 Å². The van der Waals surface area contributed by atoms with E-state index in [0.29, 0.717) is 5.75 Å². The third kappa shape index (κ3) is 3.94. The van der Waals surface area contributed by atoms with E-state index in [2.05, 4.69) is 0 Å². The maximum absolute atomic E-state index is 12.4. The smallest absolute Gasteiger partial charge is 0.304 e. The predicted molar refractivity (Wildman–Crippen MR) is 49.4 cm³/mol. The largest absolute Gasteiger partial charge is 0.481 e. The van der Waals surface area contributed by atoms with E-state index in [1.807, 2.05) is 0 Å². The standard InChI is InChI=1S/C9H9FO2S/c10-7-1-3-8(4-2-7)13-6-5-9(11)12/h1-4H,5-6H2,(H,11,12). The lowest BCUT2D eigenvalue weighted by molar-refractivity contribution is -0.136. The van der Waals surface area contributed by atoms with Gasteiger partial charge in [0.2, 0.25) is 0 Å². The van der Waals surface area contributed by atoms with E-state index in [0.717, 1.165) is 4.90 Å². The molecule has 1 aromatic carbocycles. The predicted octanol–water partition coefficient (Wildman–Crippen LogP) is 2.39. The van der Waals surface area contributed by atoms with Crippen molar-refractivity contribution >= 4 is 17.7 Å². The normalized spacial score (nSPS) is 9.92. The number of carbonyl (C=O) groups is 1. The van der Waals surface area contributed by atoms with Crippen molar-refractivity contribution in [2.24, 2.45) is 0 Å². The molecule has 0 amide bonds. The van der Waals surface area contributed by atoms with Gasteiger partial charge in [0.25, 0.3) is 0 Å². The van der Waals surface area contributed by atoms with Crippen LogP contribution in [0.2, 0.25) is 0 Å². The van der Waals surface area contributed by atoms with Crippen molar-refractivity contribution in [2.75, 3.05) is 5.75 Å². The fourth-order valence-corrected chi connectivity index (χ4v) is 1.63. The zero-order chi connectivity index (χ0) is 9.68. The molecule has 0 unspecified atom stereocenters. The van der Waals surface area contributed by atoms with E-state index in [1.54, 1.807) is 12.1 Å². The lowest BCUT2D eigenvalue weighted by Crippen LogP contribution is -1.95. The molecule has 0 atom stereocenters. The van der Waals surface area contributed by atoms with Gasteiger partial charge in [0.1, 0.15) is 5.82 Å². The number of benzene rings is 1. The van der Waals surface area contributed by atoms with Gasteiger partial charge in [-0.25, -0.2) is 4.39 Å². The first kappa shape index (κ1) is 10.1. The Balaban J connectivity index is 2.37. The maximum atomic E-state index is 12.4. The van der Waals surface area contributed by atoms with E-state index in [1.165, 1.54) is 23.9 Å². The molecule has 1 rings (SSSR count). The average Bonchev–Trinajstić information content (AvgIpc) is 2.08. The summed E-state index contributed by atoms with van der Waals surface area (Å²) in [5.74, 6) is -0.571. The second-order valence-corrected chi connectivity index (χ2v) is 3.61. The second-order valence-electron chi connectivity index (χ2n) is 2.45. The van der Waals surface area contributed by atoms with Crippen LogP contribution in [0.1, 0.15) is 6.42 Å². The molecule has 0 aliphatic carbocycles. The summed E-state index contributed by atoms with van der Waals surface area (Å²) in [7, 11) is 0. The first-order valence-electron chi connectivity index (χ1n) is 3.78. The Morgan fingerprint density at radius 2 is 2.00 bits per heavy atom. The summed E-state index contributed by atoms with van der Waals surface area (Å²) in [6.07, 6.45) is 0.127. The fraction of sp³-hybridized carbons (Fsp3) is 0.222. The van der Waals surface area contributed by atoms with Gasteiger partial charge >= 0.3 is 5.97 Å². The van der Waals surface area contributed by atoms with Crippen LogP contribution >= 0.6 is 11.8 Å². The van der Waals surface area contributed by atoms with Gasteiger partial charge in [-0.05, 0) is 24.3 Å². The van der Waals surface area contributed by atoms with E-state index in [4.69, 9.17) is 5.11 Å². The van der Waals surface area contributed by atoms with Crippen LogP contribution in [-0.4, -0.2) is 16.8 Å². The Morgan fingerprint density at radius 3 is 2.54 bits per heavy atom. The number of hydrogen-bond acceptors (Lipinski definition) is 2. The van der Waals surface area contributed by atoms with Crippen LogP contribution in [0.3, 0.4) is 0 Å². The molecule has 0 saturated carbocycles. The number of thioether (sulfide) groups is 1. The molecule has 70 valence electrons. The molecular weight excluding hydrogens is 191 g/mol. The monoisotopic (exact) mass is 200 g/mol. The Morgan fingerprint density at radius 1 is 1.38 bits per heavy atom. The Bertz CT molecular complexity index is 284. The zero-order valence-corrected chi connectivity index (χ0v) is 7.68. The number of halogens is 1. The number of aliphatic carboxylic acids is 1. The van der Waals surface area contributed by atoms with Gasteiger partial charge in [0, 0.05) is 10.6 Å². The molecule has 2 nitrogen and oxygen atoms in total. The topological polar surface area (TPSA) is 37.3 Å². The van der Waals surface area contributed by atoms with E-state index in [-0.39, 0.29) is 12.2 Å². The second kappa shape index (κ2) is 4.87. The fourth-order valence-electron chi connectivity index (χ4n) is 0.787. The highest BCUT2D eigenvalue weighted by Crippen LogP contribution is 2.18.